The molecular formula is C16H16BrN. The van der Waals surface area contributed by atoms with Crippen molar-refractivity contribution in [2.45, 2.75) is 12.5 Å². The van der Waals surface area contributed by atoms with Crippen LogP contribution in [-0.2, 0) is 6.54 Å². The molecule has 1 saturated heterocycles. The van der Waals surface area contributed by atoms with Crippen molar-refractivity contribution in [2.75, 3.05) is 13.1 Å². The van der Waals surface area contributed by atoms with Gasteiger partial charge in [-0.1, -0.05) is 64.5 Å². The zero-order valence-corrected chi connectivity index (χ0v) is 11.8. The third-order valence-electron chi connectivity index (χ3n) is 3.58. The van der Waals surface area contributed by atoms with Gasteiger partial charge in [0.2, 0.25) is 0 Å². The van der Waals surface area contributed by atoms with Gasteiger partial charge in [0.15, 0.2) is 0 Å². The van der Waals surface area contributed by atoms with Crippen LogP contribution in [0, 0.1) is 0 Å². The van der Waals surface area contributed by atoms with Crippen molar-refractivity contribution < 1.29 is 0 Å². The highest BCUT2D eigenvalue weighted by atomic mass is 79.9. The van der Waals surface area contributed by atoms with Crippen molar-refractivity contribution in [1.82, 2.24) is 4.90 Å². The first-order chi connectivity index (χ1) is 8.83. The molecule has 2 aromatic rings. The first kappa shape index (κ1) is 11.9. The third kappa shape index (κ3) is 2.50. The first-order valence-corrected chi connectivity index (χ1v) is 7.13. The number of rotatable bonds is 3. The Morgan fingerprint density at radius 2 is 1.61 bits per heavy atom. The summed E-state index contributed by atoms with van der Waals surface area (Å²) in [7, 11) is 0. The molecule has 1 nitrogen and oxygen atoms in total. The molecule has 92 valence electrons. The highest BCUT2D eigenvalue weighted by Crippen LogP contribution is 2.29. The van der Waals surface area contributed by atoms with E-state index in [2.05, 4.69) is 75.4 Å². The molecule has 0 spiro atoms. The molecule has 2 aromatic carbocycles. The highest BCUT2D eigenvalue weighted by molar-refractivity contribution is 9.10. The summed E-state index contributed by atoms with van der Waals surface area (Å²) in [5, 5.41) is 0. The average Bonchev–Trinajstić information content (AvgIpc) is 2.36. The normalized spacial score (nSPS) is 16.5. The van der Waals surface area contributed by atoms with Gasteiger partial charge in [0.25, 0.3) is 0 Å². The van der Waals surface area contributed by atoms with Crippen LogP contribution in [0.15, 0.2) is 59.1 Å². The van der Waals surface area contributed by atoms with Gasteiger partial charge in [0.1, 0.15) is 0 Å². The lowest BCUT2D eigenvalue weighted by Gasteiger charge is -2.39. The quantitative estimate of drug-likeness (QED) is 0.827. The van der Waals surface area contributed by atoms with E-state index in [4.69, 9.17) is 0 Å². The lowest BCUT2D eigenvalue weighted by molar-refractivity contribution is 0.139. The van der Waals surface area contributed by atoms with E-state index < -0.39 is 0 Å². The standard InChI is InChI=1S/C16H16BrN/c17-16-9-5-4-8-14(16)10-18-11-15(12-18)13-6-2-1-3-7-13/h1-9,15H,10-12H2. The Morgan fingerprint density at radius 3 is 2.33 bits per heavy atom. The van der Waals surface area contributed by atoms with Gasteiger partial charge in [-0.3, -0.25) is 4.90 Å². The number of nitrogens with zero attached hydrogens (tertiary/aromatic N) is 1. The molecule has 0 atom stereocenters. The fourth-order valence-corrected chi connectivity index (χ4v) is 2.91. The van der Waals surface area contributed by atoms with Crippen molar-refractivity contribution >= 4 is 15.9 Å². The fraction of sp³-hybridized carbons (Fsp3) is 0.250. The number of likely N-dealkylation sites (tertiary alicyclic amines) is 1. The van der Waals surface area contributed by atoms with Crippen LogP contribution >= 0.6 is 15.9 Å². The summed E-state index contributed by atoms with van der Waals surface area (Å²) >= 11 is 3.61. The summed E-state index contributed by atoms with van der Waals surface area (Å²) in [6, 6.07) is 19.3. The van der Waals surface area contributed by atoms with Crippen molar-refractivity contribution in [2.24, 2.45) is 0 Å². The zero-order valence-electron chi connectivity index (χ0n) is 10.2. The maximum absolute atomic E-state index is 3.61. The first-order valence-electron chi connectivity index (χ1n) is 6.33. The van der Waals surface area contributed by atoms with Gasteiger partial charge >= 0.3 is 0 Å². The molecule has 1 aliphatic heterocycles. The van der Waals surface area contributed by atoms with Crippen molar-refractivity contribution in [3.63, 3.8) is 0 Å². The van der Waals surface area contributed by atoms with E-state index in [0.717, 1.165) is 6.54 Å². The van der Waals surface area contributed by atoms with Crippen LogP contribution in [0.25, 0.3) is 0 Å². The molecule has 2 heteroatoms. The van der Waals surface area contributed by atoms with Crippen LogP contribution in [0.4, 0.5) is 0 Å². The molecule has 18 heavy (non-hydrogen) atoms. The second-order valence-corrected chi connectivity index (χ2v) is 5.75. The van der Waals surface area contributed by atoms with E-state index in [9.17, 15) is 0 Å². The summed E-state index contributed by atoms with van der Waals surface area (Å²) in [5.74, 6) is 0.716. The molecule has 0 unspecified atom stereocenters. The number of halogens is 1. The van der Waals surface area contributed by atoms with Crippen LogP contribution in [0.3, 0.4) is 0 Å². The molecular weight excluding hydrogens is 286 g/mol. The molecule has 0 radical (unpaired) electrons. The van der Waals surface area contributed by atoms with Gasteiger partial charge in [0, 0.05) is 30.0 Å². The predicted molar refractivity (Wildman–Crippen MR) is 78.6 cm³/mol. The summed E-state index contributed by atoms with van der Waals surface area (Å²) < 4.78 is 1.22. The molecule has 0 N–H and O–H groups in total. The Labute approximate surface area is 117 Å². The SMILES string of the molecule is Brc1ccccc1CN1CC(c2ccccc2)C1. The van der Waals surface area contributed by atoms with Crippen LogP contribution in [0.5, 0.6) is 0 Å². The van der Waals surface area contributed by atoms with Gasteiger partial charge in [-0.15, -0.1) is 0 Å². The van der Waals surface area contributed by atoms with E-state index in [0.29, 0.717) is 5.92 Å². The number of hydrogen-bond donors (Lipinski definition) is 0. The second-order valence-electron chi connectivity index (χ2n) is 4.89. The molecule has 1 fully saturated rings. The van der Waals surface area contributed by atoms with Crippen LogP contribution in [0.2, 0.25) is 0 Å². The molecule has 0 aromatic heterocycles. The number of hydrogen-bond acceptors (Lipinski definition) is 1. The van der Waals surface area contributed by atoms with Gasteiger partial charge in [0.05, 0.1) is 0 Å². The van der Waals surface area contributed by atoms with E-state index in [1.807, 2.05) is 0 Å². The molecule has 0 bridgehead atoms. The Hall–Kier alpha value is -1.12. The number of benzene rings is 2. The summed E-state index contributed by atoms with van der Waals surface area (Å²) in [4.78, 5) is 2.50. The Bertz CT molecular complexity index is 518. The van der Waals surface area contributed by atoms with Crippen molar-refractivity contribution in [3.8, 4) is 0 Å². The molecule has 0 aliphatic carbocycles. The maximum atomic E-state index is 3.61. The summed E-state index contributed by atoms with van der Waals surface area (Å²) in [6.07, 6.45) is 0. The minimum Gasteiger partial charge on any atom is -0.298 e. The smallest absolute Gasteiger partial charge is 0.0245 e. The molecule has 1 heterocycles. The summed E-state index contributed by atoms with van der Waals surface area (Å²) in [6.45, 7) is 3.39. The van der Waals surface area contributed by atoms with Gasteiger partial charge < -0.3 is 0 Å². The fourth-order valence-electron chi connectivity index (χ4n) is 2.50. The second kappa shape index (κ2) is 5.25. The van der Waals surface area contributed by atoms with E-state index in [-0.39, 0.29) is 0 Å². The van der Waals surface area contributed by atoms with Crippen molar-refractivity contribution in [3.05, 3.63) is 70.2 Å². The van der Waals surface area contributed by atoms with E-state index in [1.54, 1.807) is 0 Å². The minimum atomic E-state index is 0.716. The van der Waals surface area contributed by atoms with Gasteiger partial charge in [-0.25, -0.2) is 0 Å². The van der Waals surface area contributed by atoms with Gasteiger partial charge in [-0.2, -0.15) is 0 Å². The minimum absolute atomic E-state index is 0.716. The van der Waals surface area contributed by atoms with E-state index in [1.165, 1.54) is 28.7 Å². The van der Waals surface area contributed by atoms with E-state index >= 15 is 0 Å². The average molecular weight is 302 g/mol. The summed E-state index contributed by atoms with van der Waals surface area (Å²) in [5.41, 5.74) is 2.85. The van der Waals surface area contributed by atoms with Gasteiger partial charge in [-0.05, 0) is 17.2 Å². The molecule has 0 amide bonds. The van der Waals surface area contributed by atoms with Crippen LogP contribution in [-0.4, -0.2) is 18.0 Å². The molecule has 3 rings (SSSR count). The lowest BCUT2D eigenvalue weighted by atomic mass is 9.91. The van der Waals surface area contributed by atoms with Crippen molar-refractivity contribution in [1.29, 1.82) is 0 Å². The monoisotopic (exact) mass is 301 g/mol. The molecule has 0 saturated carbocycles. The topological polar surface area (TPSA) is 3.24 Å². The largest absolute Gasteiger partial charge is 0.298 e. The Morgan fingerprint density at radius 1 is 0.944 bits per heavy atom. The molecule has 1 aliphatic rings. The maximum Gasteiger partial charge on any atom is 0.0245 e. The Kier molecular flexibility index (Phi) is 3.48. The lowest BCUT2D eigenvalue weighted by Crippen LogP contribution is -2.44. The Balaban J connectivity index is 1.59. The highest BCUT2D eigenvalue weighted by Gasteiger charge is 2.27. The predicted octanol–water partition coefficient (Wildman–Crippen LogP) is 4.05. The zero-order chi connectivity index (χ0) is 12.4. The van der Waals surface area contributed by atoms with Crippen LogP contribution < -0.4 is 0 Å². The van der Waals surface area contributed by atoms with Crippen LogP contribution in [0.1, 0.15) is 17.0 Å². The third-order valence-corrected chi connectivity index (χ3v) is 4.35.